The Morgan fingerprint density at radius 2 is 2.33 bits per heavy atom. The first kappa shape index (κ1) is 13.4. The molecule has 1 aromatic carbocycles. The van der Waals surface area contributed by atoms with Crippen LogP contribution in [-0.2, 0) is 16.2 Å². The molecule has 0 aliphatic carbocycles. The number of rotatable bonds is 5. The van der Waals surface area contributed by atoms with Gasteiger partial charge in [-0.3, -0.25) is 4.89 Å². The fraction of sp³-hybridized carbons (Fsp3) is 0.538. The fourth-order valence-corrected chi connectivity index (χ4v) is 1.99. The highest BCUT2D eigenvalue weighted by atomic mass is 17.2. The highest BCUT2D eigenvalue weighted by molar-refractivity contribution is 6.30. The second-order valence-electron chi connectivity index (χ2n) is 4.53. The van der Waals surface area contributed by atoms with Crippen molar-refractivity contribution in [2.75, 3.05) is 27.3 Å². The lowest BCUT2D eigenvalue weighted by atomic mass is 9.76. The zero-order valence-electron chi connectivity index (χ0n) is 11.2. The van der Waals surface area contributed by atoms with Crippen molar-refractivity contribution in [3.8, 4) is 5.75 Å². The summed E-state index contributed by atoms with van der Waals surface area (Å²) < 4.78 is 5.41. The van der Waals surface area contributed by atoms with Crippen molar-refractivity contribution in [1.29, 1.82) is 0 Å². The van der Waals surface area contributed by atoms with Gasteiger partial charge in [-0.15, -0.1) is 0 Å². The topological polar surface area (TPSA) is 30.9 Å². The van der Waals surface area contributed by atoms with E-state index in [2.05, 4.69) is 31.0 Å². The monoisotopic (exact) mass is 248 g/mol. The maximum atomic E-state index is 5.41. The summed E-state index contributed by atoms with van der Waals surface area (Å²) in [5, 5.41) is 0. The Morgan fingerprint density at radius 1 is 1.50 bits per heavy atom. The molecule has 1 aliphatic rings. The van der Waals surface area contributed by atoms with Gasteiger partial charge in [0.2, 0.25) is 0 Å². The van der Waals surface area contributed by atoms with Crippen molar-refractivity contribution in [3.63, 3.8) is 0 Å². The van der Waals surface area contributed by atoms with E-state index < -0.39 is 0 Å². The first-order chi connectivity index (χ1) is 8.74. The molecule has 2 rings (SSSR count). The van der Waals surface area contributed by atoms with Crippen molar-refractivity contribution in [2.24, 2.45) is 0 Å². The number of hydrogen-bond acceptors (Lipinski definition) is 4. The molecular weight excluding hydrogens is 229 g/mol. The molecule has 18 heavy (non-hydrogen) atoms. The Morgan fingerprint density at radius 3 is 2.94 bits per heavy atom. The van der Waals surface area contributed by atoms with E-state index in [-0.39, 0.29) is 5.82 Å². The molecular formula is C13H19BNO3. The molecule has 0 spiro atoms. The number of methoxy groups -OCH3 is 1. The number of hydrogen-bond donors (Lipinski definition) is 0. The normalized spacial score (nSPS) is 19.0. The van der Waals surface area contributed by atoms with Crippen LogP contribution in [0.4, 0.5) is 0 Å². The zero-order valence-corrected chi connectivity index (χ0v) is 11.2. The van der Waals surface area contributed by atoms with Gasteiger partial charge in [0.05, 0.1) is 13.7 Å². The predicted octanol–water partition coefficient (Wildman–Crippen LogP) is 1.77. The molecule has 0 aromatic heterocycles. The largest absolute Gasteiger partial charge is 0.496 e. The average Bonchev–Trinajstić information content (AvgIpc) is 2.92. The van der Waals surface area contributed by atoms with E-state index in [9.17, 15) is 0 Å². The van der Waals surface area contributed by atoms with E-state index in [1.807, 2.05) is 6.07 Å². The molecule has 0 saturated carbocycles. The smallest absolute Gasteiger partial charge is 0.354 e. The second-order valence-corrected chi connectivity index (χ2v) is 4.53. The average molecular weight is 248 g/mol. The molecule has 0 N–H and O–H groups in total. The predicted molar refractivity (Wildman–Crippen MR) is 70.5 cm³/mol. The summed E-state index contributed by atoms with van der Waals surface area (Å²) in [5.41, 5.74) is 2.40. The van der Waals surface area contributed by atoms with Gasteiger partial charge in [0.15, 0.2) is 0 Å². The maximum absolute atomic E-state index is 5.41. The lowest BCUT2D eigenvalue weighted by Gasteiger charge is -2.18. The van der Waals surface area contributed by atoms with Crippen LogP contribution in [0, 0.1) is 0 Å². The van der Waals surface area contributed by atoms with Gasteiger partial charge < -0.3 is 14.4 Å². The van der Waals surface area contributed by atoms with E-state index in [0.29, 0.717) is 6.61 Å². The van der Waals surface area contributed by atoms with E-state index in [1.165, 1.54) is 11.1 Å². The Bertz CT molecular complexity index is 394. The van der Waals surface area contributed by atoms with Gasteiger partial charge in [-0.1, -0.05) is 19.1 Å². The number of benzene rings is 1. The van der Waals surface area contributed by atoms with Crippen molar-refractivity contribution < 1.29 is 14.4 Å². The van der Waals surface area contributed by atoms with Crippen molar-refractivity contribution in [1.82, 2.24) is 4.90 Å². The van der Waals surface area contributed by atoms with Crippen LogP contribution in [0.5, 0.6) is 5.75 Å². The van der Waals surface area contributed by atoms with Gasteiger partial charge in [-0.2, -0.15) is 0 Å². The molecule has 1 fully saturated rings. The molecule has 4 nitrogen and oxygen atoms in total. The molecule has 5 heteroatoms. The summed E-state index contributed by atoms with van der Waals surface area (Å²) in [5.74, 6) is 1.14. The molecule has 1 aliphatic heterocycles. The van der Waals surface area contributed by atoms with Crippen LogP contribution >= 0.6 is 0 Å². The standard InChI is InChI=1S/C13H19BNO3/c1-4-15(2)8-11-7-10(5-6-13(11)16-3)12-9-17-18-14-12/h5-7,12H,4,8-9H2,1-3H3. The minimum Gasteiger partial charge on any atom is -0.496 e. The van der Waals surface area contributed by atoms with E-state index in [1.54, 1.807) is 14.6 Å². The van der Waals surface area contributed by atoms with E-state index in [0.717, 1.165) is 18.8 Å². The minimum atomic E-state index is 0.210. The van der Waals surface area contributed by atoms with Crippen LogP contribution in [0.15, 0.2) is 18.2 Å². The minimum absolute atomic E-state index is 0.210. The van der Waals surface area contributed by atoms with Crippen LogP contribution in [0.3, 0.4) is 0 Å². The third-order valence-corrected chi connectivity index (χ3v) is 3.25. The summed E-state index contributed by atoms with van der Waals surface area (Å²) in [6.45, 7) is 4.61. The molecule has 97 valence electrons. The highest BCUT2D eigenvalue weighted by Gasteiger charge is 2.23. The summed E-state index contributed by atoms with van der Waals surface area (Å²) in [7, 11) is 5.54. The quantitative estimate of drug-likeness (QED) is 0.587. The molecule has 1 radical (unpaired) electrons. The van der Waals surface area contributed by atoms with Gasteiger partial charge in [0.1, 0.15) is 5.75 Å². The van der Waals surface area contributed by atoms with Crippen LogP contribution in [0.2, 0.25) is 0 Å². The van der Waals surface area contributed by atoms with Crippen LogP contribution in [-0.4, -0.2) is 39.7 Å². The van der Waals surface area contributed by atoms with Gasteiger partial charge >= 0.3 is 7.48 Å². The molecule has 1 heterocycles. The SMILES string of the molecule is CCN(C)Cc1cc(C2[B]OOC2)ccc1OC. The van der Waals surface area contributed by atoms with Crippen molar-refractivity contribution in [2.45, 2.75) is 19.3 Å². The van der Waals surface area contributed by atoms with Gasteiger partial charge in [0.25, 0.3) is 0 Å². The molecule has 1 saturated heterocycles. The fourth-order valence-electron chi connectivity index (χ4n) is 1.99. The van der Waals surface area contributed by atoms with Gasteiger partial charge in [-0.25, -0.2) is 0 Å². The lowest BCUT2D eigenvalue weighted by molar-refractivity contribution is -0.183. The summed E-state index contributed by atoms with van der Waals surface area (Å²) in [6.07, 6.45) is 0. The highest BCUT2D eigenvalue weighted by Crippen LogP contribution is 2.27. The van der Waals surface area contributed by atoms with Gasteiger partial charge in [-0.05, 0) is 25.2 Å². The number of ether oxygens (including phenoxy) is 1. The molecule has 0 bridgehead atoms. The van der Waals surface area contributed by atoms with Gasteiger partial charge in [0, 0.05) is 17.9 Å². The summed E-state index contributed by atoms with van der Waals surface area (Å²) >= 11 is 0. The summed E-state index contributed by atoms with van der Waals surface area (Å²) in [6, 6.07) is 6.25. The van der Waals surface area contributed by atoms with Crippen molar-refractivity contribution >= 4 is 7.48 Å². The number of nitrogens with zero attached hydrogens (tertiary/aromatic N) is 1. The Hall–Kier alpha value is -1.04. The summed E-state index contributed by atoms with van der Waals surface area (Å²) in [4.78, 5) is 12.0. The Labute approximate surface area is 109 Å². The first-order valence-electron chi connectivity index (χ1n) is 6.21. The molecule has 1 unspecified atom stereocenters. The van der Waals surface area contributed by atoms with E-state index >= 15 is 0 Å². The molecule has 1 aromatic rings. The van der Waals surface area contributed by atoms with E-state index in [4.69, 9.17) is 14.4 Å². The molecule has 1 atom stereocenters. The van der Waals surface area contributed by atoms with Crippen LogP contribution in [0.1, 0.15) is 23.9 Å². The third kappa shape index (κ3) is 3.04. The second kappa shape index (κ2) is 6.23. The Balaban J connectivity index is 2.20. The van der Waals surface area contributed by atoms with Crippen LogP contribution < -0.4 is 4.74 Å². The van der Waals surface area contributed by atoms with Crippen molar-refractivity contribution in [3.05, 3.63) is 29.3 Å². The maximum Gasteiger partial charge on any atom is 0.354 e. The zero-order chi connectivity index (χ0) is 13.0. The Kier molecular flexibility index (Phi) is 4.63. The van der Waals surface area contributed by atoms with Crippen LogP contribution in [0.25, 0.3) is 0 Å². The lowest BCUT2D eigenvalue weighted by Crippen LogP contribution is -2.17. The molecule has 0 amide bonds. The first-order valence-corrected chi connectivity index (χ1v) is 6.21. The third-order valence-electron chi connectivity index (χ3n) is 3.25.